The minimum absolute atomic E-state index is 0.0811. The first-order chi connectivity index (χ1) is 18.4. The fraction of sp³-hybridized carbons (Fsp3) is 0.172. The lowest BCUT2D eigenvalue weighted by atomic mass is 10.0. The minimum Gasteiger partial charge on any atom is -0.489 e. The lowest BCUT2D eigenvalue weighted by Gasteiger charge is -2.11. The molecule has 0 bridgehead atoms. The Bertz CT molecular complexity index is 1610. The first-order valence-corrected chi connectivity index (χ1v) is 12.6. The molecule has 0 spiro atoms. The number of ether oxygens (including phenoxy) is 2. The van der Waals surface area contributed by atoms with Gasteiger partial charge in [-0.1, -0.05) is 66.5 Å². The van der Waals surface area contributed by atoms with Crippen molar-refractivity contribution >= 4 is 40.1 Å². The number of nitrogens with zero attached hydrogens (tertiary/aromatic N) is 3. The maximum Gasteiger partial charge on any atom is 0.356 e. The molecule has 0 saturated carbocycles. The zero-order chi connectivity index (χ0) is 26.8. The van der Waals surface area contributed by atoms with Gasteiger partial charge in [0.05, 0.1) is 28.8 Å². The van der Waals surface area contributed by atoms with Gasteiger partial charge in [-0.25, -0.2) is 14.8 Å². The summed E-state index contributed by atoms with van der Waals surface area (Å²) in [6.45, 7) is 4.26. The number of hydrogen-bond acceptors (Lipinski definition) is 7. The highest BCUT2D eigenvalue weighted by molar-refractivity contribution is 6.38. The summed E-state index contributed by atoms with van der Waals surface area (Å²) in [5, 5.41) is 5.85. The molecule has 7 nitrogen and oxygen atoms in total. The number of pyridine rings is 2. The SMILES string of the molecule is COC(=O)c1ccc2cc(-c3ccc(OCc4c(-c5c(Cl)ccnc5Cl)noc4C(C)C)cc3)ccc2n1. The fourth-order valence-corrected chi connectivity index (χ4v) is 4.69. The molecule has 2 aromatic carbocycles. The molecule has 0 amide bonds. The van der Waals surface area contributed by atoms with Crippen molar-refractivity contribution in [2.24, 2.45) is 0 Å². The van der Waals surface area contributed by atoms with Crippen molar-refractivity contribution in [3.8, 4) is 28.1 Å². The molecule has 0 N–H and O–H groups in total. The molecule has 0 saturated heterocycles. The van der Waals surface area contributed by atoms with Crippen LogP contribution in [0, 0.1) is 0 Å². The third-order valence-corrected chi connectivity index (χ3v) is 6.69. The summed E-state index contributed by atoms with van der Waals surface area (Å²) < 4.78 is 16.5. The number of halogens is 2. The van der Waals surface area contributed by atoms with E-state index in [-0.39, 0.29) is 23.4 Å². The molecule has 0 atom stereocenters. The fourth-order valence-electron chi connectivity index (χ4n) is 4.16. The molecule has 192 valence electrons. The van der Waals surface area contributed by atoms with Gasteiger partial charge in [-0.3, -0.25) is 0 Å². The molecule has 38 heavy (non-hydrogen) atoms. The van der Waals surface area contributed by atoms with Gasteiger partial charge in [0, 0.05) is 17.5 Å². The molecule has 0 fully saturated rings. The van der Waals surface area contributed by atoms with Crippen LogP contribution in [-0.2, 0) is 11.3 Å². The van der Waals surface area contributed by atoms with E-state index in [1.165, 1.54) is 7.11 Å². The second-order valence-electron chi connectivity index (χ2n) is 8.90. The largest absolute Gasteiger partial charge is 0.489 e. The molecule has 9 heteroatoms. The van der Waals surface area contributed by atoms with Gasteiger partial charge < -0.3 is 14.0 Å². The number of benzene rings is 2. The Labute approximate surface area is 229 Å². The van der Waals surface area contributed by atoms with Crippen LogP contribution in [0.15, 0.2) is 71.4 Å². The Morgan fingerprint density at radius 1 is 1.00 bits per heavy atom. The number of methoxy groups -OCH3 is 1. The summed E-state index contributed by atoms with van der Waals surface area (Å²) in [7, 11) is 1.34. The maximum absolute atomic E-state index is 11.8. The predicted octanol–water partition coefficient (Wildman–Crippen LogP) is 7.75. The quantitative estimate of drug-likeness (QED) is 0.152. The van der Waals surface area contributed by atoms with Crippen LogP contribution < -0.4 is 4.74 Å². The van der Waals surface area contributed by atoms with E-state index in [0.29, 0.717) is 27.8 Å². The van der Waals surface area contributed by atoms with Crippen molar-refractivity contribution in [1.29, 1.82) is 0 Å². The first kappa shape index (κ1) is 25.7. The van der Waals surface area contributed by atoms with E-state index in [9.17, 15) is 4.79 Å². The van der Waals surface area contributed by atoms with Crippen LogP contribution in [0.3, 0.4) is 0 Å². The maximum atomic E-state index is 11.8. The average Bonchev–Trinajstić information content (AvgIpc) is 3.35. The summed E-state index contributed by atoms with van der Waals surface area (Å²) in [6, 6.07) is 18.8. The lowest BCUT2D eigenvalue weighted by molar-refractivity contribution is 0.0594. The highest BCUT2D eigenvalue weighted by atomic mass is 35.5. The van der Waals surface area contributed by atoms with Gasteiger partial charge in [0.15, 0.2) is 0 Å². The van der Waals surface area contributed by atoms with Crippen LogP contribution >= 0.6 is 23.2 Å². The van der Waals surface area contributed by atoms with E-state index in [2.05, 4.69) is 15.1 Å². The molecule has 5 rings (SSSR count). The summed E-state index contributed by atoms with van der Waals surface area (Å²) in [5.74, 6) is 1.01. The summed E-state index contributed by atoms with van der Waals surface area (Å²) in [4.78, 5) is 20.3. The standard InChI is InChI=1S/C29H23Cl2N3O4/c1-16(2)27-21(26(34-38-27)25-22(30)12-13-32-28(25)31)15-37-20-8-4-17(5-9-20)18-6-10-23-19(14-18)7-11-24(33-23)29(35)36-3/h4-14,16H,15H2,1-3H3. The number of carbonyl (C=O) groups is 1. The third-order valence-electron chi connectivity index (χ3n) is 6.09. The van der Waals surface area contributed by atoms with Crippen molar-refractivity contribution in [2.45, 2.75) is 26.4 Å². The van der Waals surface area contributed by atoms with E-state index in [1.807, 2.05) is 62.4 Å². The van der Waals surface area contributed by atoms with Crippen LogP contribution in [0.5, 0.6) is 5.75 Å². The molecule has 3 aromatic heterocycles. The monoisotopic (exact) mass is 547 g/mol. The molecule has 3 heterocycles. The Balaban J connectivity index is 1.37. The van der Waals surface area contributed by atoms with Crippen LogP contribution in [0.4, 0.5) is 0 Å². The minimum atomic E-state index is -0.461. The molecule has 0 aliphatic rings. The second kappa shape index (κ2) is 10.8. The zero-order valence-electron chi connectivity index (χ0n) is 20.9. The molecule has 0 aliphatic heterocycles. The molecule has 5 aromatic rings. The highest BCUT2D eigenvalue weighted by Crippen LogP contribution is 2.38. The summed E-state index contributed by atoms with van der Waals surface area (Å²) in [5.41, 5.74) is 4.84. The smallest absolute Gasteiger partial charge is 0.356 e. The summed E-state index contributed by atoms with van der Waals surface area (Å²) >= 11 is 12.8. The third kappa shape index (κ3) is 5.08. The van der Waals surface area contributed by atoms with Gasteiger partial charge in [-0.05, 0) is 47.5 Å². The van der Waals surface area contributed by atoms with E-state index < -0.39 is 5.97 Å². The van der Waals surface area contributed by atoms with Gasteiger partial charge >= 0.3 is 5.97 Å². The van der Waals surface area contributed by atoms with Crippen molar-refractivity contribution in [3.05, 3.63) is 94.1 Å². The van der Waals surface area contributed by atoms with Gasteiger partial charge in [0.1, 0.15) is 34.7 Å². The lowest BCUT2D eigenvalue weighted by Crippen LogP contribution is -2.03. The van der Waals surface area contributed by atoms with Gasteiger partial charge in [-0.2, -0.15) is 0 Å². The number of esters is 1. The Morgan fingerprint density at radius 3 is 2.47 bits per heavy atom. The number of carbonyl (C=O) groups excluding carboxylic acids is 1. The number of rotatable bonds is 7. The molecular weight excluding hydrogens is 525 g/mol. The Kier molecular flexibility index (Phi) is 7.31. The topological polar surface area (TPSA) is 87.3 Å². The van der Waals surface area contributed by atoms with Gasteiger partial charge in [-0.15, -0.1) is 0 Å². The van der Waals surface area contributed by atoms with Crippen LogP contribution in [0.25, 0.3) is 33.3 Å². The van der Waals surface area contributed by atoms with Crippen LogP contribution in [0.1, 0.15) is 41.6 Å². The van der Waals surface area contributed by atoms with Gasteiger partial charge in [0.25, 0.3) is 0 Å². The average molecular weight is 548 g/mol. The first-order valence-electron chi connectivity index (χ1n) is 11.9. The predicted molar refractivity (Wildman–Crippen MR) is 147 cm³/mol. The molecule has 0 aliphatic carbocycles. The number of fused-ring (bicyclic) bond motifs is 1. The highest BCUT2D eigenvalue weighted by Gasteiger charge is 2.24. The van der Waals surface area contributed by atoms with E-state index >= 15 is 0 Å². The number of aromatic nitrogens is 3. The summed E-state index contributed by atoms with van der Waals surface area (Å²) in [6.07, 6.45) is 1.54. The number of hydrogen-bond donors (Lipinski definition) is 0. The Hall–Kier alpha value is -3.94. The van der Waals surface area contributed by atoms with Crippen molar-refractivity contribution in [1.82, 2.24) is 15.1 Å². The second-order valence-corrected chi connectivity index (χ2v) is 9.66. The van der Waals surface area contributed by atoms with Crippen LogP contribution in [0.2, 0.25) is 10.2 Å². The zero-order valence-corrected chi connectivity index (χ0v) is 22.4. The van der Waals surface area contributed by atoms with Crippen molar-refractivity contribution in [2.75, 3.05) is 7.11 Å². The molecule has 0 radical (unpaired) electrons. The van der Waals surface area contributed by atoms with E-state index in [4.69, 9.17) is 37.2 Å². The van der Waals surface area contributed by atoms with Crippen molar-refractivity contribution < 1.29 is 18.8 Å². The van der Waals surface area contributed by atoms with Crippen LogP contribution in [-0.4, -0.2) is 28.2 Å². The normalized spacial score (nSPS) is 11.2. The molecule has 0 unspecified atom stereocenters. The van der Waals surface area contributed by atoms with E-state index in [0.717, 1.165) is 27.6 Å². The van der Waals surface area contributed by atoms with Gasteiger partial charge in [0.2, 0.25) is 0 Å². The van der Waals surface area contributed by atoms with E-state index in [1.54, 1.807) is 18.3 Å². The Morgan fingerprint density at radius 2 is 1.76 bits per heavy atom. The van der Waals surface area contributed by atoms with Crippen molar-refractivity contribution in [3.63, 3.8) is 0 Å². The molecular formula is C29H23Cl2N3O4.